The van der Waals surface area contributed by atoms with Crippen LogP contribution in [-0.2, 0) is 26.2 Å². The quantitative estimate of drug-likeness (QED) is 0.384. The zero-order chi connectivity index (χ0) is 27.2. The van der Waals surface area contributed by atoms with Gasteiger partial charge in [0.1, 0.15) is 12.6 Å². The average molecular weight is 587 g/mol. The van der Waals surface area contributed by atoms with Crippen LogP contribution in [0.4, 0.5) is 5.69 Å². The van der Waals surface area contributed by atoms with Gasteiger partial charge in [-0.05, 0) is 69.7 Å². The van der Waals surface area contributed by atoms with Crippen LogP contribution in [0.3, 0.4) is 0 Å². The van der Waals surface area contributed by atoms with Gasteiger partial charge in [0, 0.05) is 16.6 Å². The molecule has 0 fully saturated rings. The third kappa shape index (κ3) is 7.66. The first-order chi connectivity index (χ1) is 17.4. The maximum Gasteiger partial charge on any atom is 0.264 e. The maximum atomic E-state index is 13.8. The lowest BCUT2D eigenvalue weighted by Crippen LogP contribution is -2.54. The third-order valence-electron chi connectivity index (χ3n) is 5.56. The second-order valence-electron chi connectivity index (χ2n) is 9.73. The number of halogens is 1. The van der Waals surface area contributed by atoms with Crippen molar-refractivity contribution in [3.05, 3.63) is 95.0 Å². The molecule has 3 aromatic rings. The van der Waals surface area contributed by atoms with Crippen molar-refractivity contribution in [1.29, 1.82) is 0 Å². The van der Waals surface area contributed by atoms with Crippen LogP contribution in [0.25, 0.3) is 0 Å². The molecule has 0 spiro atoms. The molecular formula is C28H32BrN3O4S. The summed E-state index contributed by atoms with van der Waals surface area (Å²) in [4.78, 5) is 28.4. The molecule has 0 aliphatic heterocycles. The summed E-state index contributed by atoms with van der Waals surface area (Å²) in [5, 5.41) is 2.92. The maximum absolute atomic E-state index is 13.8. The fourth-order valence-corrected chi connectivity index (χ4v) is 5.61. The van der Waals surface area contributed by atoms with Gasteiger partial charge in [-0.2, -0.15) is 0 Å². The summed E-state index contributed by atoms with van der Waals surface area (Å²) in [5.41, 5.74) is 0.659. The van der Waals surface area contributed by atoms with Crippen LogP contribution in [-0.4, -0.2) is 43.3 Å². The molecule has 196 valence electrons. The van der Waals surface area contributed by atoms with Gasteiger partial charge in [0.2, 0.25) is 11.8 Å². The summed E-state index contributed by atoms with van der Waals surface area (Å²) in [7, 11) is -4.06. The molecule has 0 saturated heterocycles. The van der Waals surface area contributed by atoms with Gasteiger partial charge in [-0.15, -0.1) is 0 Å². The van der Waals surface area contributed by atoms with E-state index in [0.29, 0.717) is 5.69 Å². The molecule has 7 nitrogen and oxygen atoms in total. The second kappa shape index (κ2) is 11.9. The topological polar surface area (TPSA) is 86.8 Å². The Kier molecular flexibility index (Phi) is 9.15. The first-order valence-electron chi connectivity index (χ1n) is 11.9. The minimum Gasteiger partial charge on any atom is -0.350 e. The predicted octanol–water partition coefficient (Wildman–Crippen LogP) is 4.98. The molecule has 3 aromatic carbocycles. The Labute approximate surface area is 227 Å². The average Bonchev–Trinajstić information content (AvgIpc) is 2.85. The third-order valence-corrected chi connectivity index (χ3v) is 7.84. The minimum atomic E-state index is -4.06. The highest BCUT2D eigenvalue weighted by Crippen LogP contribution is 2.24. The first-order valence-corrected chi connectivity index (χ1v) is 14.1. The van der Waals surface area contributed by atoms with Gasteiger partial charge in [0.25, 0.3) is 10.0 Å². The van der Waals surface area contributed by atoms with Crippen molar-refractivity contribution < 1.29 is 18.0 Å². The molecule has 9 heteroatoms. The van der Waals surface area contributed by atoms with E-state index >= 15 is 0 Å². The van der Waals surface area contributed by atoms with E-state index in [1.165, 1.54) is 17.0 Å². The minimum absolute atomic E-state index is 0.0729. The predicted molar refractivity (Wildman–Crippen MR) is 149 cm³/mol. The van der Waals surface area contributed by atoms with Crippen LogP contribution in [0, 0.1) is 0 Å². The SMILES string of the molecule is CC(C(=O)NC(C)(C)C)N(Cc1cccc(Br)c1)C(=O)CN(c1ccccc1)S(=O)(=O)c1ccccc1. The number of nitrogens with zero attached hydrogens (tertiary/aromatic N) is 2. The van der Waals surface area contributed by atoms with E-state index in [1.54, 1.807) is 55.5 Å². The molecule has 1 N–H and O–H groups in total. The first kappa shape index (κ1) is 28.4. The zero-order valence-electron chi connectivity index (χ0n) is 21.4. The fraction of sp³-hybridized carbons (Fsp3) is 0.286. The lowest BCUT2D eigenvalue weighted by Gasteiger charge is -2.33. The summed E-state index contributed by atoms with van der Waals surface area (Å²) < 4.78 is 29.2. The van der Waals surface area contributed by atoms with Gasteiger partial charge in [0.05, 0.1) is 10.6 Å². The van der Waals surface area contributed by atoms with Crippen molar-refractivity contribution in [2.75, 3.05) is 10.8 Å². The van der Waals surface area contributed by atoms with Gasteiger partial charge < -0.3 is 10.2 Å². The largest absolute Gasteiger partial charge is 0.350 e. The summed E-state index contributed by atoms with van der Waals surface area (Å²) in [5.74, 6) is -0.826. The van der Waals surface area contributed by atoms with Crippen molar-refractivity contribution in [3.8, 4) is 0 Å². The Morgan fingerprint density at radius 3 is 2.08 bits per heavy atom. The van der Waals surface area contributed by atoms with Crippen molar-refractivity contribution >= 4 is 43.5 Å². The molecule has 0 radical (unpaired) electrons. The molecule has 2 amide bonds. The number of rotatable bonds is 9. The molecule has 1 atom stereocenters. The van der Waals surface area contributed by atoms with E-state index in [0.717, 1.165) is 14.3 Å². The zero-order valence-corrected chi connectivity index (χ0v) is 23.8. The van der Waals surface area contributed by atoms with E-state index < -0.39 is 34.1 Å². The molecule has 0 saturated carbocycles. The highest BCUT2D eigenvalue weighted by atomic mass is 79.9. The number of hydrogen-bond acceptors (Lipinski definition) is 4. The van der Waals surface area contributed by atoms with Gasteiger partial charge in [0.15, 0.2) is 0 Å². The standard InChI is InChI=1S/C28H32BrN3O4S/c1-21(27(34)30-28(2,3)4)31(19-22-12-11-13-23(29)18-22)26(33)20-32(24-14-7-5-8-15-24)37(35,36)25-16-9-6-10-17-25/h5-18,21H,19-20H2,1-4H3,(H,30,34). The van der Waals surface area contributed by atoms with Gasteiger partial charge >= 0.3 is 0 Å². The van der Waals surface area contributed by atoms with Crippen molar-refractivity contribution in [3.63, 3.8) is 0 Å². The van der Waals surface area contributed by atoms with Crippen molar-refractivity contribution in [1.82, 2.24) is 10.2 Å². The van der Waals surface area contributed by atoms with E-state index in [9.17, 15) is 18.0 Å². The molecule has 0 aliphatic rings. The molecule has 0 bridgehead atoms. The van der Waals surface area contributed by atoms with Crippen LogP contribution in [0.2, 0.25) is 0 Å². The lowest BCUT2D eigenvalue weighted by atomic mass is 10.1. The second-order valence-corrected chi connectivity index (χ2v) is 12.5. The van der Waals surface area contributed by atoms with E-state index in [2.05, 4.69) is 21.2 Å². The molecular weight excluding hydrogens is 554 g/mol. The summed E-state index contributed by atoms with van der Waals surface area (Å²) in [6, 6.07) is 23.1. The molecule has 1 unspecified atom stereocenters. The molecule has 0 aromatic heterocycles. The highest BCUT2D eigenvalue weighted by molar-refractivity contribution is 9.10. The summed E-state index contributed by atoms with van der Waals surface area (Å²) in [6.07, 6.45) is 0. The Hall–Kier alpha value is -3.17. The number of sulfonamides is 1. The lowest BCUT2D eigenvalue weighted by molar-refractivity contribution is -0.140. The van der Waals surface area contributed by atoms with Gasteiger partial charge in [-0.25, -0.2) is 8.42 Å². The molecule has 3 rings (SSSR count). The van der Waals surface area contributed by atoms with Crippen LogP contribution in [0.1, 0.15) is 33.3 Å². The Morgan fingerprint density at radius 2 is 1.51 bits per heavy atom. The van der Waals surface area contributed by atoms with Gasteiger partial charge in [-0.1, -0.05) is 64.5 Å². The molecule has 0 aliphatic carbocycles. The van der Waals surface area contributed by atoms with Crippen molar-refractivity contribution in [2.24, 2.45) is 0 Å². The van der Waals surface area contributed by atoms with Crippen LogP contribution >= 0.6 is 15.9 Å². The van der Waals surface area contributed by atoms with E-state index in [-0.39, 0.29) is 17.3 Å². The number of hydrogen-bond donors (Lipinski definition) is 1. The Bertz CT molecular complexity index is 1330. The molecule has 37 heavy (non-hydrogen) atoms. The summed E-state index contributed by atoms with van der Waals surface area (Å²) in [6.45, 7) is 6.90. The van der Waals surface area contributed by atoms with E-state index in [1.807, 2.05) is 45.0 Å². The number of benzene rings is 3. The van der Waals surface area contributed by atoms with Crippen LogP contribution < -0.4 is 9.62 Å². The number of amides is 2. The highest BCUT2D eigenvalue weighted by Gasteiger charge is 2.33. The van der Waals surface area contributed by atoms with Crippen LogP contribution in [0.5, 0.6) is 0 Å². The monoisotopic (exact) mass is 585 g/mol. The number of anilines is 1. The Balaban J connectivity index is 2.00. The normalized spacial score (nSPS) is 12.5. The van der Waals surface area contributed by atoms with Crippen LogP contribution in [0.15, 0.2) is 94.3 Å². The smallest absolute Gasteiger partial charge is 0.264 e. The number of carbonyl (C=O) groups is 2. The number of nitrogens with one attached hydrogen (secondary N) is 1. The Morgan fingerprint density at radius 1 is 0.919 bits per heavy atom. The summed E-state index contributed by atoms with van der Waals surface area (Å²) >= 11 is 3.45. The van der Waals surface area contributed by atoms with E-state index in [4.69, 9.17) is 0 Å². The number of carbonyl (C=O) groups excluding carboxylic acids is 2. The number of para-hydroxylation sites is 1. The van der Waals surface area contributed by atoms with Crippen molar-refractivity contribution in [2.45, 2.75) is 50.7 Å². The molecule has 0 heterocycles. The van der Waals surface area contributed by atoms with Gasteiger partial charge in [-0.3, -0.25) is 13.9 Å². The fourth-order valence-electron chi connectivity index (χ4n) is 3.73.